The molecule has 29 heavy (non-hydrogen) atoms. The molecule has 5 nitrogen and oxygen atoms in total. The zero-order valence-electron chi connectivity index (χ0n) is 18.2. The van der Waals surface area contributed by atoms with E-state index in [9.17, 15) is 14.7 Å². The molecule has 0 aromatic heterocycles. The van der Waals surface area contributed by atoms with Crippen molar-refractivity contribution in [1.82, 2.24) is 5.32 Å². The maximum absolute atomic E-state index is 12.5. The van der Waals surface area contributed by atoms with Gasteiger partial charge in [0, 0.05) is 31.0 Å². The van der Waals surface area contributed by atoms with Gasteiger partial charge in [-0.05, 0) is 80.1 Å². The third-order valence-electron chi connectivity index (χ3n) is 9.29. The Hall–Kier alpha value is -1.04. The van der Waals surface area contributed by atoms with Gasteiger partial charge in [-0.15, -0.1) is 0 Å². The molecule has 4 aliphatic carbocycles. The summed E-state index contributed by atoms with van der Waals surface area (Å²) in [5.41, 5.74) is 7.47. The van der Waals surface area contributed by atoms with Crippen molar-refractivity contribution in [2.45, 2.75) is 77.8 Å². The van der Waals surface area contributed by atoms with Crippen molar-refractivity contribution in [2.75, 3.05) is 13.2 Å². The largest absolute Gasteiger partial charge is 0.395 e. The summed E-state index contributed by atoms with van der Waals surface area (Å²) in [6.07, 6.45) is 8.80. The average Bonchev–Trinajstić information content (AvgIpc) is 3.03. The Labute approximate surface area is 174 Å². The Kier molecular flexibility index (Phi) is 5.54. The van der Waals surface area contributed by atoms with E-state index in [1.807, 2.05) is 6.08 Å². The van der Waals surface area contributed by atoms with Crippen molar-refractivity contribution in [2.24, 2.45) is 40.2 Å². The summed E-state index contributed by atoms with van der Waals surface area (Å²) in [5, 5.41) is 13.2. The molecular weight excluding hydrogens is 364 g/mol. The van der Waals surface area contributed by atoms with Crippen LogP contribution in [0.3, 0.4) is 0 Å². The molecule has 5 heteroatoms. The number of nitrogens with one attached hydrogen (secondary N) is 1. The number of carbonyl (C=O) groups excluding carboxylic acids is 2. The average molecular weight is 403 g/mol. The summed E-state index contributed by atoms with van der Waals surface area (Å²) >= 11 is 0. The fraction of sp³-hybridized carbons (Fsp3) is 0.833. The molecule has 0 aromatic carbocycles. The third-order valence-corrected chi connectivity index (χ3v) is 9.29. The van der Waals surface area contributed by atoms with Gasteiger partial charge in [0.25, 0.3) is 0 Å². The van der Waals surface area contributed by atoms with E-state index in [1.54, 1.807) is 6.92 Å². The quantitative estimate of drug-likeness (QED) is 0.657. The van der Waals surface area contributed by atoms with Crippen LogP contribution in [0.1, 0.15) is 65.7 Å². The summed E-state index contributed by atoms with van der Waals surface area (Å²) in [5.74, 6) is 2.40. The highest BCUT2D eigenvalue weighted by Crippen LogP contribution is 2.66. The molecule has 0 saturated heterocycles. The van der Waals surface area contributed by atoms with E-state index in [-0.39, 0.29) is 41.2 Å². The number of allylic oxidation sites excluding steroid dienone is 1. The van der Waals surface area contributed by atoms with E-state index >= 15 is 0 Å². The number of aliphatic hydroxyl groups is 1. The van der Waals surface area contributed by atoms with Gasteiger partial charge >= 0.3 is 0 Å². The van der Waals surface area contributed by atoms with Crippen LogP contribution >= 0.6 is 0 Å². The van der Waals surface area contributed by atoms with Crippen molar-refractivity contribution in [3.05, 3.63) is 11.6 Å². The zero-order chi connectivity index (χ0) is 21.0. The topological polar surface area (TPSA) is 92.4 Å². The highest BCUT2D eigenvalue weighted by Gasteiger charge is 2.62. The minimum Gasteiger partial charge on any atom is -0.395 e. The first kappa shape index (κ1) is 21.2. The predicted octanol–water partition coefficient (Wildman–Crippen LogP) is 2.61. The van der Waals surface area contributed by atoms with Crippen molar-refractivity contribution in [3.63, 3.8) is 0 Å². The minimum atomic E-state index is -0.273. The van der Waals surface area contributed by atoms with Gasteiger partial charge in [-0.1, -0.05) is 19.4 Å². The summed E-state index contributed by atoms with van der Waals surface area (Å²) in [7, 11) is 0. The fourth-order valence-corrected chi connectivity index (χ4v) is 7.98. The van der Waals surface area contributed by atoms with Crippen LogP contribution in [0.2, 0.25) is 0 Å². The Balaban J connectivity index is 1.71. The van der Waals surface area contributed by atoms with Crippen LogP contribution in [0.15, 0.2) is 11.6 Å². The molecule has 0 heterocycles. The Morgan fingerprint density at radius 3 is 2.76 bits per heavy atom. The van der Waals surface area contributed by atoms with Crippen LogP contribution in [-0.2, 0) is 9.59 Å². The Morgan fingerprint density at radius 2 is 2.07 bits per heavy atom. The summed E-state index contributed by atoms with van der Waals surface area (Å²) in [6, 6.07) is -0.00814. The van der Waals surface area contributed by atoms with Crippen LogP contribution in [0.4, 0.5) is 0 Å². The first-order valence-electron chi connectivity index (χ1n) is 11.5. The standard InChI is InChI=1S/C24H38N2O3/c1-14(28)19-6-7-20-18-5-4-15-10-17(29)8-9-23(15,2)22(18)21(11-24(19,20)3)26-12-16(25)13-27/h10,16,18-22,26-27H,4-9,11-13,25H2,1-3H3/t16-,18-,19+,20-,21-,22+,23-,24+/m0/s1. The van der Waals surface area contributed by atoms with Crippen LogP contribution in [-0.4, -0.2) is 41.9 Å². The molecule has 162 valence electrons. The summed E-state index contributed by atoms with van der Waals surface area (Å²) in [6.45, 7) is 7.06. The summed E-state index contributed by atoms with van der Waals surface area (Å²) < 4.78 is 0. The van der Waals surface area contributed by atoms with Gasteiger partial charge in [-0.2, -0.15) is 0 Å². The second-order valence-electron chi connectivity index (χ2n) is 10.8. The number of rotatable bonds is 5. The predicted molar refractivity (Wildman–Crippen MR) is 113 cm³/mol. The monoisotopic (exact) mass is 402 g/mol. The smallest absolute Gasteiger partial charge is 0.155 e. The number of carbonyl (C=O) groups is 2. The highest BCUT2D eigenvalue weighted by atomic mass is 16.3. The molecule has 4 aliphatic rings. The number of aliphatic hydroxyl groups excluding tert-OH is 1. The third kappa shape index (κ3) is 3.34. The maximum atomic E-state index is 12.5. The number of nitrogens with two attached hydrogens (primary N) is 1. The number of ketones is 2. The van der Waals surface area contributed by atoms with E-state index in [0.29, 0.717) is 36.5 Å². The molecular formula is C24H38N2O3. The first-order valence-corrected chi connectivity index (χ1v) is 11.5. The van der Waals surface area contributed by atoms with Crippen LogP contribution in [0.25, 0.3) is 0 Å². The van der Waals surface area contributed by atoms with Crippen molar-refractivity contribution in [1.29, 1.82) is 0 Å². The maximum Gasteiger partial charge on any atom is 0.155 e. The lowest BCUT2D eigenvalue weighted by atomic mass is 9.45. The molecule has 0 amide bonds. The highest BCUT2D eigenvalue weighted by molar-refractivity contribution is 5.91. The van der Waals surface area contributed by atoms with Crippen molar-refractivity contribution < 1.29 is 14.7 Å². The van der Waals surface area contributed by atoms with Gasteiger partial charge in [0.2, 0.25) is 0 Å². The van der Waals surface area contributed by atoms with E-state index in [4.69, 9.17) is 5.73 Å². The van der Waals surface area contributed by atoms with E-state index < -0.39 is 0 Å². The van der Waals surface area contributed by atoms with Gasteiger partial charge in [0.05, 0.1) is 6.61 Å². The molecule has 0 bridgehead atoms. The van der Waals surface area contributed by atoms with E-state index in [1.165, 1.54) is 5.57 Å². The van der Waals surface area contributed by atoms with Crippen LogP contribution in [0.5, 0.6) is 0 Å². The fourth-order valence-electron chi connectivity index (χ4n) is 7.98. The minimum absolute atomic E-state index is 0.0271. The lowest BCUT2D eigenvalue weighted by Crippen LogP contribution is -2.61. The molecule has 4 rings (SSSR count). The molecule has 0 unspecified atom stereocenters. The van der Waals surface area contributed by atoms with Gasteiger partial charge in [-0.25, -0.2) is 0 Å². The van der Waals surface area contributed by atoms with Crippen LogP contribution in [0, 0.1) is 34.5 Å². The lowest BCUT2D eigenvalue weighted by molar-refractivity contribution is -0.130. The van der Waals surface area contributed by atoms with Gasteiger partial charge in [0.15, 0.2) is 5.78 Å². The molecule has 3 saturated carbocycles. The molecule has 3 fully saturated rings. The second kappa shape index (κ2) is 7.58. The molecule has 0 radical (unpaired) electrons. The lowest BCUT2D eigenvalue weighted by Gasteiger charge is -2.61. The van der Waals surface area contributed by atoms with Gasteiger partial charge in [-0.3, -0.25) is 9.59 Å². The van der Waals surface area contributed by atoms with E-state index in [0.717, 1.165) is 38.5 Å². The first-order chi connectivity index (χ1) is 13.7. The molecule has 4 N–H and O–H groups in total. The number of Topliss-reactive ketones (excluding diaryl/α,β-unsaturated/α-hetero) is 1. The SMILES string of the molecule is CC(=O)[C@H]1CC[C@H]2[C@@H]3CCC4=CC(=O)CC[C@]4(C)[C@H]3[C@@H](NC[C@H](N)CO)C[C@]12C. The zero-order valence-corrected chi connectivity index (χ0v) is 18.2. The number of hydrogen-bond donors (Lipinski definition) is 3. The second-order valence-corrected chi connectivity index (χ2v) is 10.8. The molecule has 0 aliphatic heterocycles. The molecule has 8 atom stereocenters. The Morgan fingerprint density at radius 1 is 1.31 bits per heavy atom. The Bertz CT molecular complexity index is 719. The van der Waals surface area contributed by atoms with Crippen LogP contribution < -0.4 is 11.1 Å². The van der Waals surface area contributed by atoms with Crippen molar-refractivity contribution in [3.8, 4) is 0 Å². The van der Waals surface area contributed by atoms with E-state index in [2.05, 4.69) is 19.2 Å². The molecule has 0 spiro atoms. The summed E-state index contributed by atoms with van der Waals surface area (Å²) in [4.78, 5) is 24.6. The number of fused-ring (bicyclic) bond motifs is 5. The molecule has 0 aromatic rings. The van der Waals surface area contributed by atoms with Crippen molar-refractivity contribution >= 4 is 11.6 Å². The normalized spacial score (nSPS) is 45.1. The van der Waals surface area contributed by atoms with Gasteiger partial charge in [0.1, 0.15) is 5.78 Å². The number of hydrogen-bond acceptors (Lipinski definition) is 5. The van der Waals surface area contributed by atoms with Gasteiger partial charge < -0.3 is 16.2 Å².